The zero-order valence-electron chi connectivity index (χ0n) is 6.71. The van der Waals surface area contributed by atoms with Crippen LogP contribution in [0.2, 0.25) is 0 Å². The van der Waals surface area contributed by atoms with Crippen molar-refractivity contribution in [2.45, 2.75) is 18.8 Å². The molecule has 1 amide bonds. The molecule has 0 aromatic heterocycles. The Hall–Kier alpha value is -1.31. The molecule has 1 atom stereocenters. The Morgan fingerprint density at radius 1 is 1.67 bits per heavy atom. The third kappa shape index (κ3) is 0.998. The molecule has 1 radical (unpaired) electrons. The maximum absolute atomic E-state index is 11.0. The fraction of sp³-hybridized carbons (Fsp3) is 0.300. The van der Waals surface area contributed by atoms with Crippen molar-refractivity contribution < 1.29 is 4.79 Å². The number of carbonyl (C=O) groups excluding carboxylic acids is 1. The van der Waals surface area contributed by atoms with Crippen molar-refractivity contribution in [1.82, 2.24) is 0 Å². The van der Waals surface area contributed by atoms with E-state index < -0.39 is 0 Å². The van der Waals surface area contributed by atoms with Gasteiger partial charge in [-0.3, -0.25) is 4.79 Å². The van der Waals surface area contributed by atoms with E-state index in [0.717, 1.165) is 18.4 Å². The smallest absolute Gasteiger partial charge is 0.224 e. The SMILES string of the molecule is NC(=O)C1CCc2c[c]ccc21. The molecule has 61 valence electrons. The molecule has 0 spiro atoms. The number of hydrogen-bond acceptors (Lipinski definition) is 1. The Bertz CT molecular complexity index is 319. The molecule has 0 heterocycles. The molecule has 12 heavy (non-hydrogen) atoms. The first kappa shape index (κ1) is 7.35. The molecular formula is C10H10NO. The van der Waals surface area contributed by atoms with Crippen LogP contribution in [0.4, 0.5) is 0 Å². The first-order valence-corrected chi connectivity index (χ1v) is 4.07. The maximum atomic E-state index is 11.0. The molecule has 1 aromatic carbocycles. The minimum atomic E-state index is -0.208. The van der Waals surface area contributed by atoms with E-state index in [-0.39, 0.29) is 11.8 Å². The number of nitrogens with two attached hydrogens (primary N) is 1. The second-order valence-corrected chi connectivity index (χ2v) is 3.12. The molecule has 1 aromatic rings. The van der Waals surface area contributed by atoms with E-state index in [1.165, 1.54) is 5.56 Å². The zero-order chi connectivity index (χ0) is 8.55. The minimum absolute atomic E-state index is 0.0606. The van der Waals surface area contributed by atoms with Crippen molar-refractivity contribution in [2.24, 2.45) is 5.73 Å². The molecule has 2 N–H and O–H groups in total. The monoisotopic (exact) mass is 160 g/mol. The highest BCUT2D eigenvalue weighted by molar-refractivity contribution is 5.83. The Labute approximate surface area is 71.4 Å². The number of fused-ring (bicyclic) bond motifs is 1. The van der Waals surface area contributed by atoms with Gasteiger partial charge in [-0.1, -0.05) is 18.2 Å². The first-order valence-electron chi connectivity index (χ1n) is 4.07. The van der Waals surface area contributed by atoms with Crippen molar-refractivity contribution in [3.63, 3.8) is 0 Å². The summed E-state index contributed by atoms with van der Waals surface area (Å²) in [6.07, 6.45) is 1.82. The van der Waals surface area contributed by atoms with Gasteiger partial charge in [0.15, 0.2) is 0 Å². The summed E-state index contributed by atoms with van der Waals surface area (Å²) in [6.45, 7) is 0. The number of aryl methyl sites for hydroxylation is 1. The first-order chi connectivity index (χ1) is 5.79. The average molecular weight is 160 g/mol. The van der Waals surface area contributed by atoms with E-state index in [0.29, 0.717) is 0 Å². The van der Waals surface area contributed by atoms with Gasteiger partial charge in [-0.15, -0.1) is 0 Å². The Morgan fingerprint density at radius 3 is 3.25 bits per heavy atom. The lowest BCUT2D eigenvalue weighted by atomic mass is 10.0. The van der Waals surface area contributed by atoms with Crippen molar-refractivity contribution in [1.29, 1.82) is 0 Å². The standard InChI is InChI=1S/C10H10NO/c11-10(12)9-6-5-7-3-1-2-4-8(7)9/h2-4,9H,5-6H2,(H2,11,12). The maximum Gasteiger partial charge on any atom is 0.224 e. The predicted octanol–water partition coefficient (Wildman–Crippen LogP) is 1.00. The average Bonchev–Trinajstić information content (AvgIpc) is 2.47. The highest BCUT2D eigenvalue weighted by atomic mass is 16.1. The number of carbonyl (C=O) groups is 1. The predicted molar refractivity (Wildman–Crippen MR) is 45.5 cm³/mol. The van der Waals surface area contributed by atoms with Crippen LogP contribution in [0.3, 0.4) is 0 Å². The molecule has 0 saturated carbocycles. The topological polar surface area (TPSA) is 43.1 Å². The van der Waals surface area contributed by atoms with Gasteiger partial charge < -0.3 is 5.73 Å². The Kier molecular flexibility index (Phi) is 1.61. The fourth-order valence-corrected chi connectivity index (χ4v) is 1.78. The van der Waals surface area contributed by atoms with Crippen LogP contribution < -0.4 is 5.73 Å². The van der Waals surface area contributed by atoms with Crippen LogP contribution in [0, 0.1) is 6.07 Å². The van der Waals surface area contributed by atoms with E-state index >= 15 is 0 Å². The second-order valence-electron chi connectivity index (χ2n) is 3.12. The fourth-order valence-electron chi connectivity index (χ4n) is 1.78. The molecule has 0 aliphatic heterocycles. The summed E-state index contributed by atoms with van der Waals surface area (Å²) >= 11 is 0. The summed E-state index contributed by atoms with van der Waals surface area (Å²) in [5, 5.41) is 0. The lowest BCUT2D eigenvalue weighted by Crippen LogP contribution is -2.19. The van der Waals surface area contributed by atoms with Crippen LogP contribution in [0.15, 0.2) is 18.2 Å². The van der Waals surface area contributed by atoms with Gasteiger partial charge >= 0.3 is 0 Å². The summed E-state index contributed by atoms with van der Waals surface area (Å²) < 4.78 is 0. The molecule has 2 nitrogen and oxygen atoms in total. The van der Waals surface area contributed by atoms with E-state index in [2.05, 4.69) is 6.07 Å². The van der Waals surface area contributed by atoms with Gasteiger partial charge in [0, 0.05) is 0 Å². The number of benzene rings is 1. The molecule has 0 bridgehead atoms. The van der Waals surface area contributed by atoms with Gasteiger partial charge in [-0.25, -0.2) is 0 Å². The number of amides is 1. The highest BCUT2D eigenvalue weighted by Gasteiger charge is 2.25. The van der Waals surface area contributed by atoms with Crippen molar-refractivity contribution in [2.75, 3.05) is 0 Å². The third-order valence-corrected chi connectivity index (χ3v) is 2.41. The van der Waals surface area contributed by atoms with Crippen LogP contribution in [0.5, 0.6) is 0 Å². The molecule has 1 unspecified atom stereocenters. The van der Waals surface area contributed by atoms with E-state index in [1.807, 2.05) is 18.2 Å². The van der Waals surface area contributed by atoms with Crippen LogP contribution in [-0.4, -0.2) is 5.91 Å². The molecule has 0 fully saturated rings. The van der Waals surface area contributed by atoms with Gasteiger partial charge in [-0.05, 0) is 30.0 Å². The summed E-state index contributed by atoms with van der Waals surface area (Å²) in [5.41, 5.74) is 7.59. The largest absolute Gasteiger partial charge is 0.369 e. The zero-order valence-corrected chi connectivity index (χ0v) is 6.71. The van der Waals surface area contributed by atoms with Gasteiger partial charge in [0.05, 0.1) is 5.92 Å². The molecule has 2 heteroatoms. The van der Waals surface area contributed by atoms with Gasteiger partial charge in [0.2, 0.25) is 5.91 Å². The van der Waals surface area contributed by atoms with Crippen LogP contribution in [-0.2, 0) is 11.2 Å². The summed E-state index contributed by atoms with van der Waals surface area (Å²) in [4.78, 5) is 11.0. The Morgan fingerprint density at radius 2 is 2.50 bits per heavy atom. The number of primary amides is 1. The highest BCUT2D eigenvalue weighted by Crippen LogP contribution is 2.31. The normalized spacial score (nSPS) is 20.5. The summed E-state index contributed by atoms with van der Waals surface area (Å²) in [7, 11) is 0. The lowest BCUT2D eigenvalue weighted by Gasteiger charge is -2.04. The van der Waals surface area contributed by atoms with E-state index in [1.54, 1.807) is 0 Å². The molecule has 1 aliphatic carbocycles. The number of hydrogen-bond donors (Lipinski definition) is 1. The van der Waals surface area contributed by atoms with Crippen molar-refractivity contribution in [3.05, 3.63) is 35.4 Å². The minimum Gasteiger partial charge on any atom is -0.369 e. The molecular weight excluding hydrogens is 150 g/mol. The lowest BCUT2D eigenvalue weighted by molar-refractivity contribution is -0.119. The van der Waals surface area contributed by atoms with Gasteiger partial charge in [0.25, 0.3) is 0 Å². The molecule has 2 rings (SSSR count). The molecule has 0 saturated heterocycles. The van der Waals surface area contributed by atoms with Crippen molar-refractivity contribution >= 4 is 5.91 Å². The third-order valence-electron chi connectivity index (χ3n) is 2.41. The van der Waals surface area contributed by atoms with Gasteiger partial charge in [-0.2, -0.15) is 0 Å². The second kappa shape index (κ2) is 2.63. The van der Waals surface area contributed by atoms with Crippen LogP contribution in [0.25, 0.3) is 0 Å². The van der Waals surface area contributed by atoms with Crippen LogP contribution >= 0.6 is 0 Å². The van der Waals surface area contributed by atoms with Crippen molar-refractivity contribution in [3.8, 4) is 0 Å². The number of rotatable bonds is 1. The Balaban J connectivity index is 2.42. The van der Waals surface area contributed by atoms with E-state index in [4.69, 9.17) is 5.73 Å². The van der Waals surface area contributed by atoms with Gasteiger partial charge in [0.1, 0.15) is 0 Å². The van der Waals surface area contributed by atoms with E-state index in [9.17, 15) is 4.79 Å². The summed E-state index contributed by atoms with van der Waals surface area (Å²) in [6, 6.07) is 8.72. The summed E-state index contributed by atoms with van der Waals surface area (Å²) in [5.74, 6) is -0.269. The van der Waals surface area contributed by atoms with Crippen LogP contribution in [0.1, 0.15) is 23.5 Å². The molecule has 1 aliphatic rings. The quantitative estimate of drug-likeness (QED) is 0.654.